The first kappa shape index (κ1) is 11.9. The summed E-state index contributed by atoms with van der Waals surface area (Å²) in [7, 11) is 0. The third kappa shape index (κ3) is 2.44. The van der Waals surface area contributed by atoms with Gasteiger partial charge in [0, 0.05) is 18.2 Å². The van der Waals surface area contributed by atoms with E-state index in [2.05, 4.69) is 5.32 Å². The minimum Gasteiger partial charge on any atom is -0.372 e. The van der Waals surface area contributed by atoms with Crippen molar-refractivity contribution in [3.63, 3.8) is 0 Å². The first-order valence-corrected chi connectivity index (χ1v) is 4.61. The lowest BCUT2D eigenvalue weighted by Crippen LogP contribution is -2.13. The van der Waals surface area contributed by atoms with Crippen LogP contribution in [0.1, 0.15) is 13.8 Å². The van der Waals surface area contributed by atoms with E-state index in [1.54, 1.807) is 13.8 Å². The molecule has 1 N–H and O–H groups in total. The molecule has 0 aromatic heterocycles. The van der Waals surface area contributed by atoms with E-state index in [-0.39, 0.29) is 23.1 Å². The van der Waals surface area contributed by atoms with Gasteiger partial charge in [-0.3, -0.25) is 20.2 Å². The van der Waals surface area contributed by atoms with Gasteiger partial charge in [-0.1, -0.05) is 0 Å². The second-order valence-electron chi connectivity index (χ2n) is 3.48. The number of nitro groups is 2. The molecule has 0 saturated carbocycles. The number of rotatable bonds is 4. The van der Waals surface area contributed by atoms with Gasteiger partial charge in [-0.2, -0.15) is 0 Å². The van der Waals surface area contributed by atoms with E-state index in [0.29, 0.717) is 0 Å². The molecular weight excluding hydrogens is 214 g/mol. The Hall–Kier alpha value is -2.18. The fraction of sp³-hybridized carbons (Fsp3) is 0.333. The molecule has 0 fully saturated rings. The van der Waals surface area contributed by atoms with Crippen molar-refractivity contribution in [2.24, 2.45) is 0 Å². The second-order valence-corrected chi connectivity index (χ2v) is 3.48. The highest BCUT2D eigenvalue weighted by atomic mass is 16.6. The van der Waals surface area contributed by atoms with Crippen LogP contribution in [0.3, 0.4) is 0 Å². The quantitative estimate of drug-likeness (QED) is 0.626. The average molecular weight is 225 g/mol. The molecule has 7 heteroatoms. The maximum Gasteiger partial charge on any atom is 0.299 e. The summed E-state index contributed by atoms with van der Waals surface area (Å²) in [4.78, 5) is 20.2. The minimum atomic E-state index is -0.641. The van der Waals surface area contributed by atoms with E-state index in [0.717, 1.165) is 0 Å². The molecule has 0 aliphatic heterocycles. The van der Waals surface area contributed by atoms with Crippen molar-refractivity contribution in [1.29, 1.82) is 0 Å². The highest BCUT2D eigenvalue weighted by Gasteiger charge is 2.24. The molecular formula is C9H11N3O4. The third-order valence-electron chi connectivity index (χ3n) is 1.85. The lowest BCUT2D eigenvalue weighted by molar-refractivity contribution is -0.392. The fourth-order valence-electron chi connectivity index (χ4n) is 1.27. The maximum absolute atomic E-state index is 10.7. The molecule has 0 aliphatic carbocycles. The van der Waals surface area contributed by atoms with Crippen LogP contribution in [-0.4, -0.2) is 15.9 Å². The Bertz CT molecular complexity index is 399. The van der Waals surface area contributed by atoms with Crippen molar-refractivity contribution < 1.29 is 9.85 Å². The highest BCUT2D eigenvalue weighted by molar-refractivity contribution is 5.73. The van der Waals surface area contributed by atoms with Crippen molar-refractivity contribution >= 4 is 17.1 Å². The Kier molecular flexibility index (Phi) is 3.39. The number of para-hydroxylation sites is 1. The van der Waals surface area contributed by atoms with Crippen molar-refractivity contribution in [2.45, 2.75) is 19.9 Å². The molecule has 7 nitrogen and oxygen atoms in total. The van der Waals surface area contributed by atoms with Crippen molar-refractivity contribution in [1.82, 2.24) is 0 Å². The monoisotopic (exact) mass is 225 g/mol. The fourth-order valence-corrected chi connectivity index (χ4v) is 1.27. The zero-order valence-corrected chi connectivity index (χ0v) is 8.84. The van der Waals surface area contributed by atoms with Gasteiger partial charge < -0.3 is 5.32 Å². The largest absolute Gasteiger partial charge is 0.372 e. The Balaban J connectivity index is 3.34. The van der Waals surface area contributed by atoms with E-state index in [9.17, 15) is 20.2 Å². The van der Waals surface area contributed by atoms with Crippen molar-refractivity contribution in [3.05, 3.63) is 38.4 Å². The van der Waals surface area contributed by atoms with Crippen LogP contribution < -0.4 is 5.32 Å². The average Bonchev–Trinajstić information content (AvgIpc) is 2.16. The number of nitrogens with one attached hydrogen (secondary N) is 1. The van der Waals surface area contributed by atoms with Crippen LogP contribution in [0.25, 0.3) is 0 Å². The summed E-state index contributed by atoms with van der Waals surface area (Å²) in [6.07, 6.45) is 0. The number of hydrogen-bond donors (Lipinski definition) is 1. The summed E-state index contributed by atoms with van der Waals surface area (Å²) in [6.45, 7) is 3.50. The molecule has 0 aliphatic rings. The SMILES string of the molecule is CC(C)Nc1c([N+](=O)[O-])cccc1[N+](=O)[O-]. The van der Waals surface area contributed by atoms with E-state index in [1.165, 1.54) is 18.2 Å². The summed E-state index contributed by atoms with van der Waals surface area (Å²) >= 11 is 0. The van der Waals surface area contributed by atoms with Crippen LogP contribution in [0.4, 0.5) is 17.1 Å². The third-order valence-corrected chi connectivity index (χ3v) is 1.85. The number of benzene rings is 1. The smallest absolute Gasteiger partial charge is 0.299 e. The van der Waals surface area contributed by atoms with Crippen LogP contribution >= 0.6 is 0 Å². The van der Waals surface area contributed by atoms with Gasteiger partial charge in [0.2, 0.25) is 0 Å². The number of nitro benzene ring substituents is 2. The second kappa shape index (κ2) is 4.56. The van der Waals surface area contributed by atoms with E-state index < -0.39 is 9.85 Å². The topological polar surface area (TPSA) is 98.3 Å². The van der Waals surface area contributed by atoms with Crippen LogP contribution in [0, 0.1) is 20.2 Å². The van der Waals surface area contributed by atoms with Gasteiger partial charge >= 0.3 is 0 Å². The van der Waals surface area contributed by atoms with E-state index in [1.807, 2.05) is 0 Å². The van der Waals surface area contributed by atoms with Gasteiger partial charge in [0.1, 0.15) is 0 Å². The molecule has 0 unspecified atom stereocenters. The molecule has 16 heavy (non-hydrogen) atoms. The maximum atomic E-state index is 10.7. The molecule has 0 spiro atoms. The van der Waals surface area contributed by atoms with Gasteiger partial charge in [0.15, 0.2) is 5.69 Å². The van der Waals surface area contributed by atoms with E-state index in [4.69, 9.17) is 0 Å². The molecule has 0 amide bonds. The molecule has 0 radical (unpaired) electrons. The summed E-state index contributed by atoms with van der Waals surface area (Å²) in [5, 5.41) is 24.2. The Labute approximate surface area is 91.4 Å². The number of hydrogen-bond acceptors (Lipinski definition) is 5. The molecule has 0 bridgehead atoms. The van der Waals surface area contributed by atoms with Gasteiger partial charge in [-0.15, -0.1) is 0 Å². The lowest BCUT2D eigenvalue weighted by Gasteiger charge is -2.10. The molecule has 0 saturated heterocycles. The minimum absolute atomic E-state index is 0.0486. The number of nitrogens with zero attached hydrogens (tertiary/aromatic N) is 2. The summed E-state index contributed by atoms with van der Waals surface area (Å²) in [5.41, 5.74) is -0.627. The first-order valence-electron chi connectivity index (χ1n) is 4.61. The summed E-state index contributed by atoms with van der Waals surface area (Å²) in [6, 6.07) is 3.64. The molecule has 1 aromatic carbocycles. The zero-order valence-electron chi connectivity index (χ0n) is 8.84. The van der Waals surface area contributed by atoms with Gasteiger partial charge in [-0.05, 0) is 19.9 Å². The Morgan fingerprint density at radius 3 is 1.88 bits per heavy atom. The van der Waals surface area contributed by atoms with E-state index >= 15 is 0 Å². The summed E-state index contributed by atoms with van der Waals surface area (Å²) in [5.74, 6) is 0. The van der Waals surface area contributed by atoms with Crippen LogP contribution in [0.15, 0.2) is 18.2 Å². The molecule has 1 aromatic rings. The van der Waals surface area contributed by atoms with Crippen LogP contribution in [-0.2, 0) is 0 Å². The van der Waals surface area contributed by atoms with Gasteiger partial charge in [-0.25, -0.2) is 0 Å². The van der Waals surface area contributed by atoms with Gasteiger partial charge in [0.25, 0.3) is 11.4 Å². The Morgan fingerprint density at radius 2 is 1.56 bits per heavy atom. The number of anilines is 1. The first-order chi connectivity index (χ1) is 7.43. The predicted octanol–water partition coefficient (Wildman–Crippen LogP) is 2.32. The van der Waals surface area contributed by atoms with Crippen LogP contribution in [0.2, 0.25) is 0 Å². The van der Waals surface area contributed by atoms with Crippen molar-refractivity contribution in [3.8, 4) is 0 Å². The standard InChI is InChI=1S/C9H11N3O4/c1-6(2)10-9-7(11(13)14)4-3-5-8(9)12(15)16/h3-6,10H,1-2H3. The molecule has 0 heterocycles. The molecule has 86 valence electrons. The zero-order chi connectivity index (χ0) is 12.3. The Morgan fingerprint density at radius 1 is 1.12 bits per heavy atom. The lowest BCUT2D eigenvalue weighted by atomic mass is 10.2. The molecule has 0 atom stereocenters. The molecule has 1 rings (SSSR count). The predicted molar refractivity (Wildman–Crippen MR) is 58.5 cm³/mol. The highest BCUT2D eigenvalue weighted by Crippen LogP contribution is 2.34. The van der Waals surface area contributed by atoms with Crippen LogP contribution in [0.5, 0.6) is 0 Å². The summed E-state index contributed by atoms with van der Waals surface area (Å²) < 4.78 is 0. The van der Waals surface area contributed by atoms with Gasteiger partial charge in [0.05, 0.1) is 9.85 Å². The van der Waals surface area contributed by atoms with Crippen molar-refractivity contribution in [2.75, 3.05) is 5.32 Å². The normalized spacial score (nSPS) is 10.2.